The van der Waals surface area contributed by atoms with E-state index in [0.717, 1.165) is 5.56 Å². The van der Waals surface area contributed by atoms with Gasteiger partial charge in [-0.15, -0.1) is 0 Å². The maximum absolute atomic E-state index is 13.0. The molecule has 2 aromatic carbocycles. The van der Waals surface area contributed by atoms with Crippen molar-refractivity contribution in [2.45, 2.75) is 6.04 Å². The number of nitrogens with one attached hydrogen (secondary N) is 1. The molecule has 2 aromatic heterocycles. The first-order chi connectivity index (χ1) is 14.6. The Balaban J connectivity index is 1.55. The largest absolute Gasteiger partial charge is 0.436 e. The maximum atomic E-state index is 13.0. The summed E-state index contributed by atoms with van der Waals surface area (Å²) in [5, 5.41) is 7.24. The summed E-state index contributed by atoms with van der Waals surface area (Å²) in [5.41, 5.74) is 3.36. The Bertz CT molecular complexity index is 1100. The Morgan fingerprint density at radius 1 is 1.10 bits per heavy atom. The SMILES string of the molecule is CN(C)C(CNC(=O)c1ccccc1-c1ncc(-c2ccccc2)o1)c1ccsc1. The van der Waals surface area contributed by atoms with Crippen LogP contribution in [0.25, 0.3) is 22.8 Å². The lowest BCUT2D eigenvalue weighted by molar-refractivity contribution is 0.0942. The molecule has 1 unspecified atom stereocenters. The van der Waals surface area contributed by atoms with Crippen molar-refractivity contribution in [1.29, 1.82) is 0 Å². The fourth-order valence-corrected chi connectivity index (χ4v) is 4.06. The first-order valence-corrected chi connectivity index (χ1v) is 10.6. The molecule has 152 valence electrons. The van der Waals surface area contributed by atoms with Gasteiger partial charge in [0.25, 0.3) is 5.91 Å². The third kappa shape index (κ3) is 4.35. The highest BCUT2D eigenvalue weighted by molar-refractivity contribution is 7.08. The molecule has 0 bridgehead atoms. The average molecular weight is 418 g/mol. The monoisotopic (exact) mass is 417 g/mol. The van der Waals surface area contributed by atoms with Gasteiger partial charge in [0.2, 0.25) is 5.89 Å². The minimum Gasteiger partial charge on any atom is -0.436 e. The molecule has 2 heterocycles. The van der Waals surface area contributed by atoms with Crippen LogP contribution in [0.3, 0.4) is 0 Å². The van der Waals surface area contributed by atoms with E-state index in [4.69, 9.17) is 4.42 Å². The summed E-state index contributed by atoms with van der Waals surface area (Å²) in [5.74, 6) is 0.958. The van der Waals surface area contributed by atoms with Crippen LogP contribution in [-0.4, -0.2) is 36.4 Å². The Morgan fingerprint density at radius 3 is 2.60 bits per heavy atom. The summed E-state index contributed by atoms with van der Waals surface area (Å²) in [4.78, 5) is 19.5. The molecule has 1 atom stereocenters. The van der Waals surface area contributed by atoms with Crippen molar-refractivity contribution in [3.8, 4) is 22.8 Å². The Labute approximate surface area is 180 Å². The zero-order chi connectivity index (χ0) is 20.9. The maximum Gasteiger partial charge on any atom is 0.252 e. The number of aromatic nitrogens is 1. The minimum absolute atomic E-state index is 0.110. The lowest BCUT2D eigenvalue weighted by atomic mass is 10.1. The summed E-state index contributed by atoms with van der Waals surface area (Å²) in [6.45, 7) is 0.512. The molecule has 30 heavy (non-hydrogen) atoms. The van der Waals surface area contributed by atoms with Crippen LogP contribution in [0.5, 0.6) is 0 Å². The molecule has 0 aliphatic carbocycles. The Hall–Kier alpha value is -3.22. The number of thiophene rings is 1. The third-order valence-corrected chi connectivity index (χ3v) is 5.67. The van der Waals surface area contributed by atoms with Crippen molar-refractivity contribution < 1.29 is 9.21 Å². The van der Waals surface area contributed by atoms with Gasteiger partial charge in [-0.2, -0.15) is 11.3 Å². The number of carbonyl (C=O) groups excluding carboxylic acids is 1. The first kappa shape index (κ1) is 20.1. The molecule has 0 aliphatic heterocycles. The van der Waals surface area contributed by atoms with Gasteiger partial charge in [-0.3, -0.25) is 4.79 Å². The van der Waals surface area contributed by atoms with E-state index in [2.05, 4.69) is 32.0 Å². The summed E-state index contributed by atoms with van der Waals surface area (Å²) < 4.78 is 5.97. The normalized spacial score (nSPS) is 12.1. The van der Waals surface area contributed by atoms with Gasteiger partial charge in [-0.25, -0.2) is 4.98 Å². The van der Waals surface area contributed by atoms with E-state index in [0.29, 0.717) is 29.3 Å². The van der Waals surface area contributed by atoms with Crippen molar-refractivity contribution in [1.82, 2.24) is 15.2 Å². The Kier molecular flexibility index (Phi) is 6.07. The van der Waals surface area contributed by atoms with Gasteiger partial charge in [0.15, 0.2) is 5.76 Å². The number of benzene rings is 2. The molecule has 0 spiro atoms. The fourth-order valence-electron chi connectivity index (χ4n) is 3.35. The van der Waals surface area contributed by atoms with Gasteiger partial charge in [0.1, 0.15) is 0 Å². The molecule has 4 aromatic rings. The highest BCUT2D eigenvalue weighted by Gasteiger charge is 2.20. The van der Waals surface area contributed by atoms with E-state index < -0.39 is 0 Å². The van der Waals surface area contributed by atoms with Crippen LogP contribution in [0.4, 0.5) is 0 Å². The lowest BCUT2D eigenvalue weighted by Crippen LogP contribution is -2.34. The van der Waals surface area contributed by atoms with Crippen molar-refractivity contribution in [3.63, 3.8) is 0 Å². The third-order valence-electron chi connectivity index (χ3n) is 4.97. The highest BCUT2D eigenvalue weighted by atomic mass is 32.1. The quantitative estimate of drug-likeness (QED) is 0.454. The number of carbonyl (C=O) groups is 1. The van der Waals surface area contributed by atoms with Crippen LogP contribution in [0.2, 0.25) is 0 Å². The fraction of sp³-hybridized carbons (Fsp3) is 0.167. The van der Waals surface area contributed by atoms with Gasteiger partial charge < -0.3 is 14.6 Å². The summed E-state index contributed by atoms with van der Waals surface area (Å²) in [6, 6.07) is 19.4. The molecule has 0 fully saturated rings. The van der Waals surface area contributed by atoms with Gasteiger partial charge in [0.05, 0.1) is 17.8 Å². The van der Waals surface area contributed by atoms with Gasteiger partial charge in [0, 0.05) is 17.7 Å². The Morgan fingerprint density at radius 2 is 1.87 bits per heavy atom. The molecule has 1 amide bonds. The summed E-state index contributed by atoms with van der Waals surface area (Å²) >= 11 is 1.66. The number of amides is 1. The lowest BCUT2D eigenvalue weighted by Gasteiger charge is -2.24. The van der Waals surface area contributed by atoms with Crippen LogP contribution in [0.15, 0.2) is 82.0 Å². The molecule has 4 rings (SSSR count). The second-order valence-corrected chi connectivity index (χ2v) is 7.97. The topological polar surface area (TPSA) is 58.4 Å². The predicted octanol–water partition coefficient (Wildman–Crippen LogP) is 5.10. The number of nitrogens with zero attached hydrogens (tertiary/aromatic N) is 2. The zero-order valence-corrected chi connectivity index (χ0v) is 17.7. The van der Waals surface area contributed by atoms with Gasteiger partial charge >= 0.3 is 0 Å². The molecule has 1 N–H and O–H groups in total. The minimum atomic E-state index is -0.146. The number of oxazole rings is 1. The van der Waals surface area contributed by atoms with E-state index in [-0.39, 0.29) is 11.9 Å². The van der Waals surface area contributed by atoms with Crippen molar-refractivity contribution in [2.75, 3.05) is 20.6 Å². The molecule has 0 aliphatic rings. The van der Waals surface area contributed by atoms with E-state index in [1.165, 1.54) is 5.56 Å². The smallest absolute Gasteiger partial charge is 0.252 e. The number of likely N-dealkylation sites (N-methyl/N-ethyl adjacent to an activating group) is 1. The number of rotatable bonds is 7. The molecule has 0 saturated heterocycles. The molecule has 0 radical (unpaired) electrons. The van der Waals surface area contributed by atoms with Crippen LogP contribution in [0.1, 0.15) is 22.0 Å². The zero-order valence-electron chi connectivity index (χ0n) is 16.9. The van der Waals surface area contributed by atoms with Crippen LogP contribution >= 0.6 is 11.3 Å². The van der Waals surface area contributed by atoms with E-state index >= 15 is 0 Å². The van der Waals surface area contributed by atoms with Crippen molar-refractivity contribution in [2.24, 2.45) is 0 Å². The van der Waals surface area contributed by atoms with E-state index in [1.54, 1.807) is 23.6 Å². The van der Waals surface area contributed by atoms with Crippen LogP contribution in [-0.2, 0) is 0 Å². The average Bonchev–Trinajstić information content (AvgIpc) is 3.47. The second-order valence-electron chi connectivity index (χ2n) is 7.19. The van der Waals surface area contributed by atoms with Crippen LogP contribution < -0.4 is 5.32 Å². The highest BCUT2D eigenvalue weighted by Crippen LogP contribution is 2.28. The number of hydrogen-bond donors (Lipinski definition) is 1. The predicted molar refractivity (Wildman–Crippen MR) is 120 cm³/mol. The molecular formula is C24H23N3O2S. The van der Waals surface area contributed by atoms with Crippen molar-refractivity contribution in [3.05, 3.63) is 88.7 Å². The second kappa shape index (κ2) is 9.07. The van der Waals surface area contributed by atoms with E-state index in [9.17, 15) is 4.79 Å². The molecule has 6 heteroatoms. The van der Waals surface area contributed by atoms with Gasteiger partial charge in [-0.05, 0) is 48.6 Å². The molecule has 5 nitrogen and oxygen atoms in total. The molecular weight excluding hydrogens is 394 g/mol. The summed E-state index contributed by atoms with van der Waals surface area (Å²) in [7, 11) is 4.03. The van der Waals surface area contributed by atoms with Gasteiger partial charge in [-0.1, -0.05) is 42.5 Å². The van der Waals surface area contributed by atoms with E-state index in [1.807, 2.05) is 62.6 Å². The van der Waals surface area contributed by atoms with Crippen LogP contribution in [0, 0.1) is 0 Å². The first-order valence-electron chi connectivity index (χ1n) is 9.71. The standard InChI is InChI=1S/C24H23N3O2S/c1-27(2)21(18-12-13-30-16-18)14-25-23(28)19-10-6-7-11-20(19)24-26-15-22(29-24)17-8-4-3-5-9-17/h3-13,15-16,21H,14H2,1-2H3,(H,25,28). The summed E-state index contributed by atoms with van der Waals surface area (Å²) in [6.07, 6.45) is 1.69. The molecule has 0 saturated carbocycles. The van der Waals surface area contributed by atoms with Crippen molar-refractivity contribution >= 4 is 17.2 Å². The number of hydrogen-bond acceptors (Lipinski definition) is 5.